The zero-order valence-electron chi connectivity index (χ0n) is 16.6. The van der Waals surface area contributed by atoms with Crippen LogP contribution in [0.3, 0.4) is 0 Å². The van der Waals surface area contributed by atoms with E-state index in [0.29, 0.717) is 22.0 Å². The van der Waals surface area contributed by atoms with Gasteiger partial charge in [-0.1, -0.05) is 28.9 Å². The predicted molar refractivity (Wildman–Crippen MR) is 116 cm³/mol. The second kappa shape index (κ2) is 8.24. The second-order valence-electron chi connectivity index (χ2n) is 6.83. The van der Waals surface area contributed by atoms with Crippen molar-refractivity contribution < 1.29 is 14.4 Å². The minimum atomic E-state index is -0.419. The van der Waals surface area contributed by atoms with Gasteiger partial charge in [-0.25, -0.2) is 0 Å². The molecular formula is C21H18ClN3NaO3. The number of aliphatic hydroxyl groups excluding tert-OH is 1. The Labute approximate surface area is 195 Å². The molecule has 0 saturated carbocycles. The van der Waals surface area contributed by atoms with E-state index in [0.717, 1.165) is 16.8 Å². The molecule has 0 fully saturated rings. The van der Waals surface area contributed by atoms with Gasteiger partial charge < -0.3 is 19.8 Å². The smallest absolute Gasteiger partial charge is 0.260 e. The first kappa shape index (κ1) is 21.5. The molecule has 143 valence electrons. The zero-order valence-corrected chi connectivity index (χ0v) is 19.3. The number of anilines is 2. The normalized spacial score (nSPS) is 14.1. The summed E-state index contributed by atoms with van der Waals surface area (Å²) in [7, 11) is 3.94. The molecular weight excluding hydrogens is 401 g/mol. The number of aliphatic hydroxyl groups is 1. The molecule has 1 aliphatic rings. The van der Waals surface area contributed by atoms with Gasteiger partial charge in [-0.05, 0) is 36.8 Å². The summed E-state index contributed by atoms with van der Waals surface area (Å²) in [6, 6.07) is 13.0. The van der Waals surface area contributed by atoms with Gasteiger partial charge in [-0.3, -0.25) is 4.79 Å². The second-order valence-corrected chi connectivity index (χ2v) is 7.24. The molecule has 0 atom stereocenters. The Kier molecular flexibility index (Phi) is 6.10. The standard InChI is InChI=1S/C21H18ClN3O3.Na/c1-11-8-18(28-24-11)20(26)19-15-9-14(16(22)10-17(15)23-21(19)27)12-4-6-13(7-5-12)25(2)3;/h4-10,26H,1-3H3,(H,23,27);. The van der Waals surface area contributed by atoms with Crippen molar-refractivity contribution in [1.82, 2.24) is 5.16 Å². The molecule has 29 heavy (non-hydrogen) atoms. The number of aryl methyl sites for hydroxylation is 1. The number of hydrogen-bond acceptors (Lipinski definition) is 5. The summed E-state index contributed by atoms with van der Waals surface area (Å²) in [6.45, 7) is 1.74. The number of hydrogen-bond donors (Lipinski definition) is 2. The number of aromatic nitrogens is 1. The van der Waals surface area contributed by atoms with E-state index < -0.39 is 5.91 Å². The first-order chi connectivity index (χ1) is 13.3. The number of nitrogens with zero attached hydrogens (tertiary/aromatic N) is 2. The Hall–Kier alpha value is -2.25. The molecule has 1 aliphatic heterocycles. The van der Waals surface area contributed by atoms with E-state index >= 15 is 0 Å². The maximum Gasteiger partial charge on any atom is 0.260 e. The monoisotopic (exact) mass is 418 g/mol. The maximum absolute atomic E-state index is 12.5. The number of nitrogens with one attached hydrogen (secondary N) is 1. The van der Waals surface area contributed by atoms with Gasteiger partial charge in [0, 0.05) is 66.5 Å². The van der Waals surface area contributed by atoms with Crippen LogP contribution in [0, 0.1) is 6.92 Å². The first-order valence-electron chi connectivity index (χ1n) is 8.65. The summed E-state index contributed by atoms with van der Waals surface area (Å²) in [5, 5.41) is 17.6. The zero-order chi connectivity index (χ0) is 20.0. The molecule has 6 nitrogen and oxygen atoms in total. The topological polar surface area (TPSA) is 78.6 Å². The Morgan fingerprint density at radius 2 is 1.83 bits per heavy atom. The van der Waals surface area contributed by atoms with Crippen LogP contribution in [0.5, 0.6) is 0 Å². The number of carbonyl (C=O) groups excluding carboxylic acids is 1. The van der Waals surface area contributed by atoms with Crippen LogP contribution >= 0.6 is 11.6 Å². The van der Waals surface area contributed by atoms with Crippen LogP contribution in [-0.2, 0) is 4.79 Å². The quantitative estimate of drug-likeness (QED) is 0.375. The van der Waals surface area contributed by atoms with E-state index in [-0.39, 0.29) is 46.6 Å². The van der Waals surface area contributed by atoms with Crippen LogP contribution in [0.4, 0.5) is 11.4 Å². The molecule has 0 saturated heterocycles. The predicted octanol–water partition coefficient (Wildman–Crippen LogP) is 4.37. The fourth-order valence-electron chi connectivity index (χ4n) is 3.18. The largest absolute Gasteiger partial charge is 0.504 e. The van der Waals surface area contributed by atoms with Crippen molar-refractivity contribution in [3.63, 3.8) is 0 Å². The molecule has 1 aromatic heterocycles. The minimum Gasteiger partial charge on any atom is -0.504 e. The fourth-order valence-corrected chi connectivity index (χ4v) is 3.46. The van der Waals surface area contributed by atoms with Crippen molar-refractivity contribution in [3.05, 3.63) is 64.5 Å². The Morgan fingerprint density at radius 1 is 1.14 bits per heavy atom. The van der Waals surface area contributed by atoms with Crippen molar-refractivity contribution in [2.45, 2.75) is 6.92 Å². The van der Waals surface area contributed by atoms with E-state index in [1.807, 2.05) is 43.3 Å². The van der Waals surface area contributed by atoms with Crippen LogP contribution in [0.1, 0.15) is 17.0 Å². The van der Waals surface area contributed by atoms with Crippen molar-refractivity contribution >= 4 is 69.8 Å². The van der Waals surface area contributed by atoms with Gasteiger partial charge >= 0.3 is 0 Å². The van der Waals surface area contributed by atoms with Crippen LogP contribution in [-0.4, -0.2) is 59.8 Å². The molecule has 2 N–H and O–H groups in total. The summed E-state index contributed by atoms with van der Waals surface area (Å²) in [5.74, 6) is -0.534. The molecule has 2 aromatic carbocycles. The van der Waals surface area contributed by atoms with Gasteiger partial charge in [0.05, 0.1) is 22.0 Å². The summed E-state index contributed by atoms with van der Waals surface area (Å²) < 4.78 is 5.11. The third-order valence-electron chi connectivity index (χ3n) is 4.64. The minimum absolute atomic E-state index is 0. The average molecular weight is 419 g/mol. The Balaban J connectivity index is 0.00000240. The molecule has 4 rings (SSSR count). The van der Waals surface area contributed by atoms with Crippen LogP contribution in [0.15, 0.2) is 47.0 Å². The van der Waals surface area contributed by atoms with E-state index in [1.165, 1.54) is 0 Å². The van der Waals surface area contributed by atoms with Gasteiger partial charge in [-0.15, -0.1) is 0 Å². The van der Waals surface area contributed by atoms with E-state index in [4.69, 9.17) is 16.1 Å². The SMILES string of the molecule is Cc1cc(C(O)=C2C(=O)Nc3cc(Cl)c(-c4ccc(N(C)C)cc4)cc32)on1.[Na]. The molecule has 0 spiro atoms. The number of fused-ring (bicyclic) bond motifs is 1. The number of carbonyl (C=O) groups is 1. The first-order valence-corrected chi connectivity index (χ1v) is 9.03. The molecule has 0 unspecified atom stereocenters. The van der Waals surface area contributed by atoms with Gasteiger partial charge in [0.2, 0.25) is 5.76 Å². The van der Waals surface area contributed by atoms with Gasteiger partial charge in [0.25, 0.3) is 5.91 Å². The number of benzene rings is 2. The molecule has 1 radical (unpaired) electrons. The maximum atomic E-state index is 12.5. The summed E-state index contributed by atoms with van der Waals surface area (Å²) in [6.07, 6.45) is 0. The van der Waals surface area contributed by atoms with Crippen LogP contribution in [0.25, 0.3) is 22.5 Å². The van der Waals surface area contributed by atoms with Gasteiger partial charge in [0.15, 0.2) is 5.76 Å². The Morgan fingerprint density at radius 3 is 2.41 bits per heavy atom. The third-order valence-corrected chi connectivity index (χ3v) is 4.96. The number of halogens is 1. The van der Waals surface area contributed by atoms with Crippen molar-refractivity contribution in [3.8, 4) is 11.1 Å². The van der Waals surface area contributed by atoms with Gasteiger partial charge in [0.1, 0.15) is 0 Å². The third kappa shape index (κ3) is 3.94. The molecule has 2 heterocycles. The molecule has 3 aromatic rings. The van der Waals surface area contributed by atoms with Crippen molar-refractivity contribution in [1.29, 1.82) is 0 Å². The van der Waals surface area contributed by atoms with Crippen molar-refractivity contribution in [2.24, 2.45) is 0 Å². The number of rotatable bonds is 3. The molecule has 1 amide bonds. The van der Waals surface area contributed by atoms with Gasteiger partial charge in [-0.2, -0.15) is 0 Å². The Bertz CT molecular complexity index is 1120. The summed E-state index contributed by atoms with van der Waals surface area (Å²) >= 11 is 6.47. The van der Waals surface area contributed by atoms with E-state index in [1.54, 1.807) is 25.1 Å². The summed E-state index contributed by atoms with van der Waals surface area (Å²) in [5.41, 5.74) is 4.59. The molecule has 0 bridgehead atoms. The van der Waals surface area contributed by atoms with E-state index in [2.05, 4.69) is 10.5 Å². The van der Waals surface area contributed by atoms with Crippen molar-refractivity contribution in [2.75, 3.05) is 24.3 Å². The summed E-state index contributed by atoms with van der Waals surface area (Å²) in [4.78, 5) is 14.5. The van der Waals surface area contributed by atoms with Crippen LogP contribution < -0.4 is 10.2 Å². The molecule has 8 heteroatoms. The van der Waals surface area contributed by atoms with E-state index in [9.17, 15) is 9.90 Å². The molecule has 0 aliphatic carbocycles. The fraction of sp³-hybridized carbons (Fsp3) is 0.143. The average Bonchev–Trinajstić information content (AvgIpc) is 3.23. The number of amides is 1. The van der Waals surface area contributed by atoms with Crippen LogP contribution in [0.2, 0.25) is 5.02 Å².